The number of benzene rings is 2. The lowest BCUT2D eigenvalue weighted by Crippen LogP contribution is -1.97. The molecular formula is C17H13ClN4. The van der Waals surface area contributed by atoms with Crippen molar-refractivity contribution in [2.24, 2.45) is 5.10 Å². The highest BCUT2D eigenvalue weighted by atomic mass is 35.5. The van der Waals surface area contributed by atoms with Crippen LogP contribution in [0.1, 0.15) is 5.56 Å². The lowest BCUT2D eigenvalue weighted by molar-refractivity contribution is 1.15. The van der Waals surface area contributed by atoms with Crippen LogP contribution in [0.2, 0.25) is 5.15 Å². The Morgan fingerprint density at radius 2 is 1.59 bits per heavy atom. The van der Waals surface area contributed by atoms with Crippen molar-refractivity contribution in [3.63, 3.8) is 0 Å². The lowest BCUT2D eigenvalue weighted by atomic mass is 10.2. The molecule has 0 radical (unpaired) electrons. The van der Waals surface area contributed by atoms with E-state index in [0.717, 1.165) is 11.1 Å². The Labute approximate surface area is 133 Å². The minimum Gasteiger partial charge on any atom is -0.261 e. The molecule has 3 rings (SSSR count). The summed E-state index contributed by atoms with van der Waals surface area (Å²) in [6.45, 7) is 0. The summed E-state index contributed by atoms with van der Waals surface area (Å²) in [5, 5.41) is 4.53. The summed E-state index contributed by atoms with van der Waals surface area (Å²) in [6.07, 6.45) is 1.72. The van der Waals surface area contributed by atoms with Crippen LogP contribution in [0, 0.1) is 0 Å². The van der Waals surface area contributed by atoms with Gasteiger partial charge in [-0.3, -0.25) is 5.43 Å². The van der Waals surface area contributed by atoms with Gasteiger partial charge in [0.25, 0.3) is 0 Å². The standard InChI is InChI=1S/C17H13ClN4/c18-15-11-16(22-19-12-13-7-3-1-4-8-13)21-17(20-15)14-9-5-2-6-10-14/h1-12H,(H,20,21,22)/b19-12+. The molecule has 0 aliphatic carbocycles. The summed E-state index contributed by atoms with van der Waals surface area (Å²) >= 11 is 6.05. The molecule has 108 valence electrons. The van der Waals surface area contributed by atoms with Crippen LogP contribution >= 0.6 is 11.6 Å². The monoisotopic (exact) mass is 308 g/mol. The van der Waals surface area contributed by atoms with E-state index in [9.17, 15) is 0 Å². The molecule has 0 aliphatic rings. The third kappa shape index (κ3) is 3.68. The van der Waals surface area contributed by atoms with Gasteiger partial charge in [0.2, 0.25) is 0 Å². The van der Waals surface area contributed by atoms with Crippen LogP contribution in [0.3, 0.4) is 0 Å². The first-order valence-corrected chi connectivity index (χ1v) is 7.13. The summed E-state index contributed by atoms with van der Waals surface area (Å²) in [7, 11) is 0. The Bertz CT molecular complexity index is 773. The Hall–Kier alpha value is -2.72. The second-order valence-corrected chi connectivity index (χ2v) is 4.93. The molecule has 0 fully saturated rings. The molecule has 0 spiro atoms. The van der Waals surface area contributed by atoms with Gasteiger partial charge in [-0.15, -0.1) is 0 Å². The van der Waals surface area contributed by atoms with Crippen molar-refractivity contribution in [1.29, 1.82) is 0 Å². The third-order valence-corrected chi connectivity index (χ3v) is 3.11. The van der Waals surface area contributed by atoms with E-state index in [-0.39, 0.29) is 0 Å². The minimum atomic E-state index is 0.367. The van der Waals surface area contributed by atoms with Crippen molar-refractivity contribution < 1.29 is 0 Å². The molecule has 0 saturated heterocycles. The first-order chi connectivity index (χ1) is 10.8. The van der Waals surface area contributed by atoms with Gasteiger partial charge in [-0.25, -0.2) is 9.97 Å². The number of hydrogen-bond acceptors (Lipinski definition) is 4. The maximum absolute atomic E-state index is 6.05. The molecular weight excluding hydrogens is 296 g/mol. The third-order valence-electron chi connectivity index (χ3n) is 2.92. The van der Waals surface area contributed by atoms with Crippen molar-refractivity contribution >= 4 is 23.6 Å². The molecule has 0 atom stereocenters. The van der Waals surface area contributed by atoms with Gasteiger partial charge in [0.15, 0.2) is 11.6 Å². The van der Waals surface area contributed by atoms with Gasteiger partial charge in [-0.05, 0) is 5.56 Å². The van der Waals surface area contributed by atoms with E-state index in [1.807, 2.05) is 60.7 Å². The fourth-order valence-corrected chi connectivity index (χ4v) is 2.09. The maximum Gasteiger partial charge on any atom is 0.163 e. The van der Waals surface area contributed by atoms with Crippen LogP contribution in [-0.4, -0.2) is 16.2 Å². The van der Waals surface area contributed by atoms with Gasteiger partial charge in [0.1, 0.15) is 5.15 Å². The smallest absolute Gasteiger partial charge is 0.163 e. The molecule has 4 nitrogen and oxygen atoms in total. The van der Waals surface area contributed by atoms with Crippen molar-refractivity contribution in [2.45, 2.75) is 0 Å². The Morgan fingerprint density at radius 1 is 0.909 bits per heavy atom. The summed E-state index contributed by atoms with van der Waals surface area (Å²) in [4.78, 5) is 8.65. The molecule has 3 aromatic rings. The summed E-state index contributed by atoms with van der Waals surface area (Å²) in [5.74, 6) is 1.11. The number of hydrogen-bond donors (Lipinski definition) is 1. The number of hydrazone groups is 1. The normalized spacial score (nSPS) is 10.8. The highest BCUT2D eigenvalue weighted by molar-refractivity contribution is 6.29. The molecule has 1 heterocycles. The number of nitrogens with zero attached hydrogens (tertiary/aromatic N) is 3. The van der Waals surface area contributed by atoms with E-state index in [2.05, 4.69) is 20.5 Å². The predicted octanol–water partition coefficient (Wildman–Crippen LogP) is 4.24. The van der Waals surface area contributed by atoms with Crippen LogP contribution in [0.15, 0.2) is 71.8 Å². The molecule has 22 heavy (non-hydrogen) atoms. The number of aromatic nitrogens is 2. The second kappa shape index (κ2) is 6.83. The van der Waals surface area contributed by atoms with E-state index in [0.29, 0.717) is 16.8 Å². The average Bonchev–Trinajstić information content (AvgIpc) is 2.56. The van der Waals surface area contributed by atoms with Crippen LogP contribution in [0.4, 0.5) is 5.82 Å². The SMILES string of the molecule is Clc1cc(N/N=C/c2ccccc2)nc(-c2ccccc2)n1. The molecule has 2 aromatic carbocycles. The van der Waals surface area contributed by atoms with Crippen molar-refractivity contribution in [2.75, 3.05) is 5.43 Å². The van der Waals surface area contributed by atoms with Crippen LogP contribution in [0.5, 0.6) is 0 Å². The van der Waals surface area contributed by atoms with Crippen molar-refractivity contribution in [1.82, 2.24) is 9.97 Å². The number of rotatable bonds is 4. The van der Waals surface area contributed by atoms with Crippen LogP contribution < -0.4 is 5.43 Å². The van der Waals surface area contributed by atoms with E-state index < -0.39 is 0 Å². The quantitative estimate of drug-likeness (QED) is 0.445. The molecule has 5 heteroatoms. The second-order valence-electron chi connectivity index (χ2n) is 4.55. The van der Waals surface area contributed by atoms with Crippen molar-refractivity contribution in [3.05, 3.63) is 77.4 Å². The predicted molar refractivity (Wildman–Crippen MR) is 90.1 cm³/mol. The Morgan fingerprint density at radius 3 is 2.32 bits per heavy atom. The number of halogens is 1. The summed E-state index contributed by atoms with van der Waals surface area (Å²) in [5.41, 5.74) is 4.78. The number of nitrogens with one attached hydrogen (secondary N) is 1. The van der Waals surface area contributed by atoms with E-state index >= 15 is 0 Å². The molecule has 0 bridgehead atoms. The lowest BCUT2D eigenvalue weighted by Gasteiger charge is -2.04. The largest absolute Gasteiger partial charge is 0.261 e. The van der Waals surface area contributed by atoms with Gasteiger partial charge in [-0.2, -0.15) is 5.10 Å². The van der Waals surface area contributed by atoms with Crippen molar-refractivity contribution in [3.8, 4) is 11.4 Å². The van der Waals surface area contributed by atoms with Gasteiger partial charge >= 0.3 is 0 Å². The van der Waals surface area contributed by atoms with Gasteiger partial charge < -0.3 is 0 Å². The first-order valence-electron chi connectivity index (χ1n) is 6.75. The summed E-state index contributed by atoms with van der Waals surface area (Å²) in [6, 6.07) is 21.1. The molecule has 1 aromatic heterocycles. The molecule has 0 unspecified atom stereocenters. The van der Waals surface area contributed by atoms with Gasteiger partial charge in [0, 0.05) is 11.6 Å². The Balaban J connectivity index is 1.80. The first kappa shape index (κ1) is 14.2. The van der Waals surface area contributed by atoms with E-state index in [4.69, 9.17) is 11.6 Å². The zero-order valence-corrected chi connectivity index (χ0v) is 12.4. The Kier molecular flexibility index (Phi) is 4.41. The van der Waals surface area contributed by atoms with E-state index in [1.165, 1.54) is 0 Å². The molecule has 0 saturated carbocycles. The minimum absolute atomic E-state index is 0.367. The highest BCUT2D eigenvalue weighted by Crippen LogP contribution is 2.19. The molecule has 0 aliphatic heterocycles. The fraction of sp³-hybridized carbons (Fsp3) is 0. The molecule has 1 N–H and O–H groups in total. The van der Waals surface area contributed by atoms with Gasteiger partial charge in [-0.1, -0.05) is 72.3 Å². The zero-order chi connectivity index (χ0) is 15.2. The van der Waals surface area contributed by atoms with Gasteiger partial charge in [0.05, 0.1) is 6.21 Å². The molecule has 0 amide bonds. The van der Waals surface area contributed by atoms with E-state index in [1.54, 1.807) is 12.3 Å². The zero-order valence-electron chi connectivity index (χ0n) is 11.6. The average molecular weight is 309 g/mol. The van der Waals surface area contributed by atoms with Crippen LogP contribution in [0.25, 0.3) is 11.4 Å². The summed E-state index contributed by atoms with van der Waals surface area (Å²) < 4.78 is 0. The highest BCUT2D eigenvalue weighted by Gasteiger charge is 2.04. The van der Waals surface area contributed by atoms with Crippen LogP contribution in [-0.2, 0) is 0 Å². The fourth-order valence-electron chi connectivity index (χ4n) is 1.90. The topological polar surface area (TPSA) is 50.2 Å². The number of anilines is 1. The maximum atomic E-state index is 6.05.